The Morgan fingerprint density at radius 3 is 2.52 bits per heavy atom. The van der Waals surface area contributed by atoms with Gasteiger partial charge in [0.2, 0.25) is 0 Å². The fourth-order valence-electron chi connectivity index (χ4n) is 1.99. The molecule has 0 bridgehead atoms. The number of hydrogen-bond acceptors (Lipinski definition) is 2. The zero-order chi connectivity index (χ0) is 15.2. The molecule has 2 N–H and O–H groups in total. The number of hydrogen-bond donors (Lipinski definition) is 2. The second-order valence-corrected chi connectivity index (χ2v) is 5.97. The van der Waals surface area contributed by atoms with E-state index < -0.39 is 12.0 Å². The van der Waals surface area contributed by atoms with Crippen molar-refractivity contribution in [2.24, 2.45) is 0 Å². The Balaban J connectivity index is 2.00. The topological polar surface area (TPSA) is 49.3 Å². The minimum Gasteiger partial charge on any atom is -0.480 e. The molecule has 0 saturated heterocycles. The van der Waals surface area contributed by atoms with Gasteiger partial charge in [-0.05, 0) is 45.6 Å². The summed E-state index contributed by atoms with van der Waals surface area (Å²) in [4.78, 5) is 11.4. The smallest absolute Gasteiger partial charge is 0.321 e. The third-order valence-corrected chi connectivity index (χ3v) is 4.33. The maximum atomic E-state index is 11.4. The second-order valence-electron chi connectivity index (χ2n) is 4.71. The molecule has 0 fully saturated rings. The summed E-state index contributed by atoms with van der Waals surface area (Å²) in [5.74, 6) is -0.855. The highest BCUT2D eigenvalue weighted by Crippen LogP contribution is 2.23. The lowest BCUT2D eigenvalue weighted by atomic mass is 10.1. The molecule has 21 heavy (non-hydrogen) atoms. The van der Waals surface area contributed by atoms with Gasteiger partial charge >= 0.3 is 5.97 Å². The van der Waals surface area contributed by atoms with Crippen molar-refractivity contribution >= 4 is 33.5 Å². The van der Waals surface area contributed by atoms with Crippen molar-refractivity contribution in [3.05, 3.63) is 69.2 Å². The molecule has 0 aromatic heterocycles. The van der Waals surface area contributed by atoms with Crippen LogP contribution in [0.15, 0.2) is 53.0 Å². The summed E-state index contributed by atoms with van der Waals surface area (Å²) in [5.41, 5.74) is 1.97. The number of carbonyl (C=O) groups is 1. The van der Waals surface area contributed by atoms with E-state index in [-0.39, 0.29) is 0 Å². The highest BCUT2D eigenvalue weighted by Gasteiger charge is 2.17. The fourth-order valence-corrected chi connectivity index (χ4v) is 2.53. The highest BCUT2D eigenvalue weighted by molar-refractivity contribution is 9.10. The summed E-state index contributed by atoms with van der Waals surface area (Å²) in [6.45, 7) is 0.472. The molecule has 0 amide bonds. The van der Waals surface area contributed by atoms with E-state index in [1.165, 1.54) is 0 Å². The van der Waals surface area contributed by atoms with Crippen LogP contribution < -0.4 is 5.32 Å². The maximum Gasteiger partial charge on any atom is 0.321 e. The molecule has 0 spiro atoms. The number of carboxylic acid groups (broad SMARTS) is 1. The van der Waals surface area contributed by atoms with Crippen molar-refractivity contribution < 1.29 is 9.90 Å². The predicted octanol–water partition coefficient (Wildman–Crippen LogP) is 3.89. The lowest BCUT2D eigenvalue weighted by Gasteiger charge is -2.15. The molecule has 3 nitrogen and oxygen atoms in total. The molecule has 0 aliphatic rings. The lowest BCUT2D eigenvalue weighted by Crippen LogP contribution is -2.38. The number of carboxylic acids is 1. The van der Waals surface area contributed by atoms with E-state index in [1.807, 2.05) is 42.5 Å². The van der Waals surface area contributed by atoms with Crippen LogP contribution in [0.25, 0.3) is 0 Å². The van der Waals surface area contributed by atoms with Crippen LogP contribution in [0.2, 0.25) is 5.02 Å². The summed E-state index contributed by atoms with van der Waals surface area (Å²) in [5, 5.41) is 13.0. The van der Waals surface area contributed by atoms with E-state index in [1.54, 1.807) is 6.07 Å². The van der Waals surface area contributed by atoms with Crippen molar-refractivity contribution in [1.82, 2.24) is 5.32 Å². The SMILES string of the molecule is O=C(O)[C@H](Cc1ccccc1)NCc1ccc(Cl)c(Br)c1. The van der Waals surface area contributed by atoms with Crippen molar-refractivity contribution in [3.8, 4) is 0 Å². The quantitative estimate of drug-likeness (QED) is 0.813. The van der Waals surface area contributed by atoms with Gasteiger partial charge in [0.15, 0.2) is 0 Å². The maximum absolute atomic E-state index is 11.4. The summed E-state index contributed by atoms with van der Waals surface area (Å²) in [6.07, 6.45) is 0.449. The van der Waals surface area contributed by atoms with Crippen LogP contribution in [-0.4, -0.2) is 17.1 Å². The van der Waals surface area contributed by atoms with Crippen LogP contribution in [0.3, 0.4) is 0 Å². The molecule has 2 aromatic rings. The van der Waals surface area contributed by atoms with E-state index in [2.05, 4.69) is 21.2 Å². The first kappa shape index (κ1) is 16.0. The third kappa shape index (κ3) is 4.84. The number of benzene rings is 2. The molecule has 2 aromatic carbocycles. The van der Waals surface area contributed by atoms with Crippen LogP contribution in [0.5, 0.6) is 0 Å². The molecule has 0 unspecified atom stereocenters. The lowest BCUT2D eigenvalue weighted by molar-refractivity contribution is -0.139. The summed E-state index contributed by atoms with van der Waals surface area (Å²) < 4.78 is 0.804. The van der Waals surface area contributed by atoms with Gasteiger partial charge in [0.25, 0.3) is 0 Å². The van der Waals surface area contributed by atoms with Crippen LogP contribution in [0.1, 0.15) is 11.1 Å². The largest absolute Gasteiger partial charge is 0.480 e. The Bertz CT molecular complexity index is 619. The number of rotatable bonds is 6. The Morgan fingerprint density at radius 2 is 1.90 bits per heavy atom. The van der Waals surface area contributed by atoms with Gasteiger partial charge in [0.05, 0.1) is 5.02 Å². The minimum atomic E-state index is -0.855. The van der Waals surface area contributed by atoms with Gasteiger partial charge in [0.1, 0.15) is 6.04 Å². The molecule has 5 heteroatoms. The van der Waals surface area contributed by atoms with Crippen molar-refractivity contribution in [2.45, 2.75) is 19.0 Å². The monoisotopic (exact) mass is 367 g/mol. The van der Waals surface area contributed by atoms with Crippen molar-refractivity contribution in [2.75, 3.05) is 0 Å². The first-order valence-corrected chi connectivity index (χ1v) is 7.67. The predicted molar refractivity (Wildman–Crippen MR) is 87.6 cm³/mol. The summed E-state index contributed by atoms with van der Waals surface area (Å²) in [7, 11) is 0. The van der Waals surface area contributed by atoms with Crippen molar-refractivity contribution in [3.63, 3.8) is 0 Å². The molecular formula is C16H15BrClNO2. The third-order valence-electron chi connectivity index (χ3n) is 3.12. The highest BCUT2D eigenvalue weighted by atomic mass is 79.9. The average Bonchev–Trinajstić information content (AvgIpc) is 2.47. The van der Waals surface area contributed by atoms with Gasteiger partial charge in [-0.25, -0.2) is 0 Å². The zero-order valence-electron chi connectivity index (χ0n) is 11.2. The summed E-state index contributed by atoms with van der Waals surface area (Å²) in [6, 6.07) is 14.5. The molecular weight excluding hydrogens is 354 g/mol. The fraction of sp³-hybridized carbons (Fsp3) is 0.188. The molecule has 0 aliphatic heterocycles. The van der Waals surface area contributed by atoms with E-state index in [0.717, 1.165) is 15.6 Å². The number of aliphatic carboxylic acids is 1. The number of halogens is 2. The molecule has 0 aliphatic carbocycles. The van der Waals surface area contributed by atoms with E-state index in [0.29, 0.717) is 18.0 Å². The van der Waals surface area contributed by atoms with E-state index >= 15 is 0 Å². The van der Waals surface area contributed by atoms with Gasteiger partial charge in [-0.1, -0.05) is 48.0 Å². The van der Waals surface area contributed by atoms with Crippen molar-refractivity contribution in [1.29, 1.82) is 0 Å². The zero-order valence-corrected chi connectivity index (χ0v) is 13.6. The molecule has 0 heterocycles. The Labute approximate surface area is 137 Å². The van der Waals surface area contributed by atoms with E-state index in [4.69, 9.17) is 11.6 Å². The van der Waals surface area contributed by atoms with Gasteiger partial charge < -0.3 is 10.4 Å². The molecule has 0 saturated carbocycles. The Hall–Kier alpha value is -1.36. The van der Waals surface area contributed by atoms with Gasteiger partial charge in [-0.3, -0.25) is 4.79 Å². The molecule has 110 valence electrons. The second kappa shape index (κ2) is 7.59. The Kier molecular flexibility index (Phi) is 5.79. The van der Waals surface area contributed by atoms with E-state index in [9.17, 15) is 9.90 Å². The van der Waals surface area contributed by atoms with Crippen LogP contribution in [0.4, 0.5) is 0 Å². The van der Waals surface area contributed by atoms with Crippen LogP contribution in [-0.2, 0) is 17.8 Å². The van der Waals surface area contributed by atoms with Gasteiger partial charge in [0, 0.05) is 11.0 Å². The first-order chi connectivity index (χ1) is 10.1. The average molecular weight is 369 g/mol. The molecule has 2 rings (SSSR count). The van der Waals surface area contributed by atoms with Gasteiger partial charge in [-0.2, -0.15) is 0 Å². The minimum absolute atomic E-state index is 0.449. The molecule has 0 radical (unpaired) electrons. The Morgan fingerprint density at radius 1 is 1.19 bits per heavy atom. The normalized spacial score (nSPS) is 12.1. The number of nitrogens with one attached hydrogen (secondary N) is 1. The summed E-state index contributed by atoms with van der Waals surface area (Å²) >= 11 is 9.30. The first-order valence-electron chi connectivity index (χ1n) is 6.50. The van der Waals surface area contributed by atoms with Gasteiger partial charge in [-0.15, -0.1) is 0 Å². The standard InChI is InChI=1S/C16H15BrClNO2/c17-13-8-12(6-7-14(13)18)10-19-15(16(20)21)9-11-4-2-1-3-5-11/h1-8,15,19H,9-10H2,(H,20,21)/t15-/m0/s1. The van der Waals surface area contributed by atoms with Crippen LogP contribution in [0, 0.1) is 0 Å². The molecule has 1 atom stereocenters. The van der Waals surface area contributed by atoms with Crippen LogP contribution >= 0.6 is 27.5 Å².